The lowest BCUT2D eigenvalue weighted by molar-refractivity contribution is -0.120. The van der Waals surface area contributed by atoms with Gasteiger partial charge < -0.3 is 10.6 Å². The number of benzene rings is 1. The van der Waals surface area contributed by atoms with Crippen molar-refractivity contribution in [3.05, 3.63) is 34.9 Å². The monoisotopic (exact) mass is 268 g/mol. The molecule has 1 rings (SSSR count). The van der Waals surface area contributed by atoms with Crippen molar-refractivity contribution < 1.29 is 4.79 Å². The Kier molecular flexibility index (Phi) is 6.76. The minimum Gasteiger partial charge on any atom is -0.352 e. The third-order valence-corrected chi connectivity index (χ3v) is 2.79. The van der Waals surface area contributed by atoms with Crippen LogP contribution in [0.5, 0.6) is 0 Å². The van der Waals surface area contributed by atoms with Crippen molar-refractivity contribution in [2.24, 2.45) is 0 Å². The Labute approximate surface area is 114 Å². The number of nitrogens with one attached hydrogen (secondary N) is 2. The maximum atomic E-state index is 11.6. The molecule has 1 unspecified atom stereocenters. The molecule has 1 atom stereocenters. The van der Waals surface area contributed by atoms with E-state index in [4.69, 9.17) is 11.6 Å². The summed E-state index contributed by atoms with van der Waals surface area (Å²) in [6.45, 7) is 5.33. The van der Waals surface area contributed by atoms with Gasteiger partial charge >= 0.3 is 0 Å². The van der Waals surface area contributed by atoms with E-state index in [-0.39, 0.29) is 11.9 Å². The second kappa shape index (κ2) is 8.11. The zero-order valence-corrected chi connectivity index (χ0v) is 11.8. The summed E-state index contributed by atoms with van der Waals surface area (Å²) in [5.74, 6) is 0.0398. The molecule has 4 heteroatoms. The molecule has 0 saturated heterocycles. The van der Waals surface area contributed by atoms with Crippen molar-refractivity contribution in [2.45, 2.75) is 32.7 Å². The highest BCUT2D eigenvalue weighted by Crippen LogP contribution is 2.12. The van der Waals surface area contributed by atoms with Crippen LogP contribution in [0.25, 0.3) is 0 Å². The molecular weight excluding hydrogens is 248 g/mol. The average Bonchev–Trinajstić information content (AvgIpc) is 2.29. The van der Waals surface area contributed by atoms with Crippen molar-refractivity contribution in [3.8, 4) is 0 Å². The normalized spacial score (nSPS) is 12.2. The van der Waals surface area contributed by atoms with E-state index in [0.29, 0.717) is 6.54 Å². The van der Waals surface area contributed by atoms with Crippen molar-refractivity contribution in [3.63, 3.8) is 0 Å². The molecule has 0 aromatic heterocycles. The van der Waals surface area contributed by atoms with Gasteiger partial charge in [0.1, 0.15) is 0 Å². The molecule has 1 aromatic rings. The van der Waals surface area contributed by atoms with E-state index in [1.165, 1.54) is 0 Å². The smallest absolute Gasteiger partial charge is 0.234 e. The predicted octanol–water partition coefficient (Wildman–Crippen LogP) is 2.39. The summed E-state index contributed by atoms with van der Waals surface area (Å²) >= 11 is 5.92. The molecule has 2 N–H and O–H groups in total. The van der Waals surface area contributed by atoms with Crippen LogP contribution >= 0.6 is 11.6 Å². The van der Waals surface area contributed by atoms with Crippen LogP contribution < -0.4 is 10.6 Å². The molecular formula is C14H21ClN2O. The summed E-state index contributed by atoms with van der Waals surface area (Å²) in [4.78, 5) is 11.6. The molecule has 0 saturated carbocycles. The number of hydrogen-bond acceptors (Lipinski definition) is 2. The highest BCUT2D eigenvalue weighted by Gasteiger charge is 2.07. The van der Waals surface area contributed by atoms with Gasteiger partial charge in [-0.15, -0.1) is 0 Å². The Balaban J connectivity index is 2.32. The van der Waals surface area contributed by atoms with Gasteiger partial charge in [-0.1, -0.05) is 30.7 Å². The van der Waals surface area contributed by atoms with E-state index in [1.54, 1.807) is 0 Å². The predicted molar refractivity (Wildman–Crippen MR) is 75.9 cm³/mol. The first kappa shape index (κ1) is 15.0. The molecule has 100 valence electrons. The van der Waals surface area contributed by atoms with E-state index in [1.807, 2.05) is 31.2 Å². The molecule has 1 amide bonds. The third kappa shape index (κ3) is 6.03. The summed E-state index contributed by atoms with van der Waals surface area (Å²) in [7, 11) is 0. The fraction of sp³-hybridized carbons (Fsp3) is 0.500. The van der Waals surface area contributed by atoms with Crippen LogP contribution in [0.4, 0.5) is 0 Å². The Hall–Kier alpha value is -1.06. The van der Waals surface area contributed by atoms with Crippen LogP contribution in [-0.2, 0) is 11.2 Å². The molecule has 0 heterocycles. The Morgan fingerprint density at radius 2 is 2.22 bits per heavy atom. The van der Waals surface area contributed by atoms with E-state index in [0.717, 1.165) is 30.0 Å². The minimum atomic E-state index is 0.0398. The fourth-order valence-corrected chi connectivity index (χ4v) is 1.99. The van der Waals surface area contributed by atoms with Crippen molar-refractivity contribution >= 4 is 17.5 Å². The van der Waals surface area contributed by atoms with Crippen LogP contribution in [0.2, 0.25) is 5.02 Å². The fourth-order valence-electron chi connectivity index (χ4n) is 1.77. The second-order valence-electron chi connectivity index (χ2n) is 4.48. The van der Waals surface area contributed by atoms with Crippen LogP contribution in [0.15, 0.2) is 24.3 Å². The van der Waals surface area contributed by atoms with Crippen LogP contribution in [0.1, 0.15) is 25.8 Å². The zero-order valence-electron chi connectivity index (χ0n) is 11.0. The van der Waals surface area contributed by atoms with Gasteiger partial charge in [0.25, 0.3) is 0 Å². The van der Waals surface area contributed by atoms with Gasteiger partial charge in [-0.3, -0.25) is 4.79 Å². The maximum Gasteiger partial charge on any atom is 0.234 e. The van der Waals surface area contributed by atoms with E-state index >= 15 is 0 Å². The summed E-state index contributed by atoms with van der Waals surface area (Å²) < 4.78 is 0. The van der Waals surface area contributed by atoms with Gasteiger partial charge in [0.05, 0.1) is 6.54 Å². The Morgan fingerprint density at radius 3 is 2.89 bits per heavy atom. The zero-order chi connectivity index (χ0) is 13.4. The van der Waals surface area contributed by atoms with Gasteiger partial charge in [-0.05, 0) is 44.0 Å². The Morgan fingerprint density at radius 1 is 1.44 bits per heavy atom. The van der Waals surface area contributed by atoms with E-state index in [2.05, 4.69) is 17.6 Å². The number of carbonyl (C=O) groups is 1. The highest BCUT2D eigenvalue weighted by molar-refractivity contribution is 6.30. The molecule has 1 aromatic carbocycles. The number of amides is 1. The molecule has 0 radical (unpaired) electrons. The topological polar surface area (TPSA) is 41.1 Å². The largest absolute Gasteiger partial charge is 0.352 e. The number of rotatable bonds is 7. The van der Waals surface area contributed by atoms with Crippen molar-refractivity contribution in [1.82, 2.24) is 10.6 Å². The lowest BCUT2D eigenvalue weighted by Gasteiger charge is -2.14. The van der Waals surface area contributed by atoms with Crippen molar-refractivity contribution in [2.75, 3.05) is 13.1 Å². The first-order valence-corrected chi connectivity index (χ1v) is 6.74. The summed E-state index contributed by atoms with van der Waals surface area (Å²) in [5.41, 5.74) is 1.14. The molecule has 0 aliphatic carbocycles. The number of carbonyl (C=O) groups excluding carboxylic acids is 1. The maximum absolute atomic E-state index is 11.6. The molecule has 0 aliphatic heterocycles. The van der Waals surface area contributed by atoms with E-state index < -0.39 is 0 Å². The summed E-state index contributed by atoms with van der Waals surface area (Å²) in [5, 5.41) is 6.77. The van der Waals surface area contributed by atoms with Gasteiger partial charge in [0, 0.05) is 11.1 Å². The molecule has 0 bridgehead atoms. The highest BCUT2D eigenvalue weighted by atomic mass is 35.5. The molecule has 18 heavy (non-hydrogen) atoms. The molecule has 0 spiro atoms. The van der Waals surface area contributed by atoms with Crippen LogP contribution in [0.3, 0.4) is 0 Å². The number of hydrogen-bond donors (Lipinski definition) is 2. The summed E-state index contributed by atoms with van der Waals surface area (Å²) in [6, 6.07) is 7.83. The second-order valence-corrected chi connectivity index (χ2v) is 4.92. The Bertz CT molecular complexity index is 382. The van der Waals surface area contributed by atoms with Crippen LogP contribution in [0, 0.1) is 0 Å². The lowest BCUT2D eigenvalue weighted by atomic mass is 10.1. The average molecular weight is 269 g/mol. The van der Waals surface area contributed by atoms with E-state index in [9.17, 15) is 4.79 Å². The van der Waals surface area contributed by atoms with Gasteiger partial charge in [-0.25, -0.2) is 0 Å². The van der Waals surface area contributed by atoms with Crippen molar-refractivity contribution in [1.29, 1.82) is 0 Å². The molecule has 0 aliphatic rings. The first-order valence-electron chi connectivity index (χ1n) is 6.36. The third-order valence-electron chi connectivity index (χ3n) is 2.55. The van der Waals surface area contributed by atoms with Gasteiger partial charge in [0.15, 0.2) is 0 Å². The van der Waals surface area contributed by atoms with Gasteiger partial charge in [-0.2, -0.15) is 0 Å². The quantitative estimate of drug-likeness (QED) is 0.746. The molecule has 3 nitrogen and oxygen atoms in total. The summed E-state index contributed by atoms with van der Waals surface area (Å²) in [6.07, 6.45) is 1.82. The standard InChI is InChI=1S/C14H21ClN2O/c1-3-7-16-10-14(18)17-11(2)8-12-5-4-6-13(15)9-12/h4-6,9,11,16H,3,7-8,10H2,1-2H3,(H,17,18). The lowest BCUT2D eigenvalue weighted by Crippen LogP contribution is -2.40. The SMILES string of the molecule is CCCNCC(=O)NC(C)Cc1cccc(Cl)c1. The molecule has 0 fully saturated rings. The first-order chi connectivity index (χ1) is 8.61. The van der Waals surface area contributed by atoms with Crippen LogP contribution in [-0.4, -0.2) is 25.0 Å². The minimum absolute atomic E-state index is 0.0398. The van der Waals surface area contributed by atoms with Gasteiger partial charge in [0.2, 0.25) is 5.91 Å². The number of halogens is 1.